The number of aromatic nitrogens is 3. The van der Waals surface area contributed by atoms with Gasteiger partial charge < -0.3 is 5.32 Å². The fourth-order valence-electron chi connectivity index (χ4n) is 3.34. The number of benzene rings is 1. The Bertz CT molecular complexity index is 1290. The molecular weight excluding hydrogens is 413 g/mol. The third-order valence-corrected chi connectivity index (χ3v) is 4.97. The molecule has 7 nitrogen and oxygen atoms in total. The Kier molecular flexibility index (Phi) is 5.75. The Morgan fingerprint density at radius 2 is 1.84 bits per heavy atom. The van der Waals surface area contributed by atoms with Gasteiger partial charge in [0.05, 0.1) is 5.39 Å². The Morgan fingerprint density at radius 3 is 2.45 bits per heavy atom. The summed E-state index contributed by atoms with van der Waals surface area (Å²) in [4.78, 5) is 41.4. The van der Waals surface area contributed by atoms with Crippen molar-refractivity contribution in [3.63, 3.8) is 0 Å². The number of carbonyl (C=O) groups is 1. The number of carbonyl (C=O) groups excluding carboxylic acids is 1. The first kappa shape index (κ1) is 22.3. The number of alkyl halides is 3. The summed E-state index contributed by atoms with van der Waals surface area (Å²) in [7, 11) is 1.20. The van der Waals surface area contributed by atoms with Gasteiger partial charge in [0, 0.05) is 12.7 Å². The van der Waals surface area contributed by atoms with E-state index < -0.39 is 41.2 Å². The average molecular weight is 434 g/mol. The number of nitrogens with one attached hydrogen (secondary N) is 1. The predicted molar refractivity (Wildman–Crippen MR) is 110 cm³/mol. The number of rotatable bonds is 4. The molecule has 10 heteroatoms. The average Bonchev–Trinajstić information content (AvgIpc) is 2.69. The van der Waals surface area contributed by atoms with Crippen molar-refractivity contribution < 1.29 is 18.0 Å². The molecule has 0 aliphatic heterocycles. The minimum Gasteiger partial charge on any atom is -0.324 e. The zero-order chi connectivity index (χ0) is 23.1. The summed E-state index contributed by atoms with van der Waals surface area (Å²) < 4.78 is 40.3. The van der Waals surface area contributed by atoms with Gasteiger partial charge in [-0.1, -0.05) is 32.0 Å². The van der Waals surface area contributed by atoms with E-state index in [9.17, 15) is 27.6 Å². The minimum absolute atomic E-state index is 0.125. The Morgan fingerprint density at radius 1 is 1.16 bits per heavy atom. The third-order valence-electron chi connectivity index (χ3n) is 4.97. The summed E-state index contributed by atoms with van der Waals surface area (Å²) in [5.74, 6) is -0.477. The number of aryl methyl sites for hydroxylation is 2. The first-order valence-electron chi connectivity index (χ1n) is 9.49. The zero-order valence-electron chi connectivity index (χ0n) is 17.4. The molecule has 3 aromatic rings. The summed E-state index contributed by atoms with van der Waals surface area (Å²) in [5, 5.41) is 2.56. The highest BCUT2D eigenvalue weighted by Crippen LogP contribution is 2.28. The number of para-hydroxylation sites is 1. The summed E-state index contributed by atoms with van der Waals surface area (Å²) in [5.41, 5.74) is -1.12. The molecule has 1 N–H and O–H groups in total. The number of fused-ring (bicyclic) bond motifs is 1. The van der Waals surface area contributed by atoms with Crippen LogP contribution in [-0.4, -0.2) is 20.0 Å². The molecule has 0 unspecified atom stereocenters. The predicted octanol–water partition coefficient (Wildman–Crippen LogP) is 3.18. The van der Waals surface area contributed by atoms with E-state index in [0.29, 0.717) is 16.3 Å². The monoisotopic (exact) mass is 434 g/mol. The summed E-state index contributed by atoms with van der Waals surface area (Å²) >= 11 is 0. The number of hydrogen-bond acceptors (Lipinski definition) is 4. The lowest BCUT2D eigenvalue weighted by atomic mass is 9.98. The molecule has 1 aromatic carbocycles. The second kappa shape index (κ2) is 8.01. The van der Waals surface area contributed by atoms with E-state index in [-0.39, 0.29) is 11.3 Å². The van der Waals surface area contributed by atoms with Crippen LogP contribution in [0, 0.1) is 6.92 Å². The molecular formula is C21H21F3N4O3. The van der Waals surface area contributed by atoms with Gasteiger partial charge in [0.15, 0.2) is 0 Å². The maximum absolute atomic E-state index is 12.9. The molecule has 31 heavy (non-hydrogen) atoms. The van der Waals surface area contributed by atoms with E-state index in [1.165, 1.54) is 7.05 Å². The molecule has 0 saturated heterocycles. The van der Waals surface area contributed by atoms with Crippen molar-refractivity contribution in [2.24, 2.45) is 7.05 Å². The normalized spacial score (nSPS) is 11.9. The first-order chi connectivity index (χ1) is 14.4. The van der Waals surface area contributed by atoms with Crippen molar-refractivity contribution in [2.45, 2.75) is 39.4 Å². The number of anilines is 1. The summed E-state index contributed by atoms with van der Waals surface area (Å²) in [6.07, 6.45) is -4.72. The maximum Gasteiger partial charge on any atom is 0.433 e. The molecule has 1 amide bonds. The number of amides is 1. The second-order valence-corrected chi connectivity index (χ2v) is 7.54. The molecule has 0 aliphatic carbocycles. The SMILES string of the molecule is Cc1cccc(C(C)C)c1NC(=O)Cn1c(=O)c2ccc(C(F)(F)F)nc2n(C)c1=O. The van der Waals surface area contributed by atoms with Gasteiger partial charge in [-0.3, -0.25) is 18.7 Å². The highest BCUT2D eigenvalue weighted by atomic mass is 19.4. The van der Waals surface area contributed by atoms with Crippen LogP contribution < -0.4 is 16.6 Å². The van der Waals surface area contributed by atoms with E-state index in [2.05, 4.69) is 10.3 Å². The maximum atomic E-state index is 12.9. The van der Waals surface area contributed by atoms with Crippen molar-refractivity contribution in [3.05, 3.63) is 68.0 Å². The van der Waals surface area contributed by atoms with Crippen LogP contribution in [0.2, 0.25) is 0 Å². The van der Waals surface area contributed by atoms with Crippen LogP contribution >= 0.6 is 0 Å². The molecule has 2 aromatic heterocycles. The molecule has 0 spiro atoms. The van der Waals surface area contributed by atoms with Crippen LogP contribution in [0.1, 0.15) is 36.6 Å². The van der Waals surface area contributed by atoms with Crippen molar-refractivity contribution in [1.29, 1.82) is 0 Å². The lowest BCUT2D eigenvalue weighted by Gasteiger charge is -2.17. The fourth-order valence-corrected chi connectivity index (χ4v) is 3.34. The van der Waals surface area contributed by atoms with Gasteiger partial charge in [-0.05, 0) is 36.1 Å². The topological polar surface area (TPSA) is 86.0 Å². The van der Waals surface area contributed by atoms with Gasteiger partial charge in [0.1, 0.15) is 17.9 Å². The van der Waals surface area contributed by atoms with E-state index >= 15 is 0 Å². The lowest BCUT2D eigenvalue weighted by molar-refractivity contribution is -0.141. The fraction of sp³-hybridized carbons (Fsp3) is 0.333. The quantitative estimate of drug-likeness (QED) is 0.684. The number of nitrogens with zero attached hydrogens (tertiary/aromatic N) is 3. The third kappa shape index (κ3) is 4.23. The number of pyridine rings is 1. The highest BCUT2D eigenvalue weighted by Gasteiger charge is 2.33. The molecule has 0 atom stereocenters. The van der Waals surface area contributed by atoms with Gasteiger partial charge in [-0.15, -0.1) is 0 Å². The van der Waals surface area contributed by atoms with Crippen molar-refractivity contribution in [2.75, 3.05) is 5.32 Å². The van der Waals surface area contributed by atoms with Crippen molar-refractivity contribution >= 4 is 22.6 Å². The first-order valence-corrected chi connectivity index (χ1v) is 9.49. The second-order valence-electron chi connectivity index (χ2n) is 7.54. The van der Waals surface area contributed by atoms with Gasteiger partial charge in [0.2, 0.25) is 5.91 Å². The molecule has 0 bridgehead atoms. The van der Waals surface area contributed by atoms with Gasteiger partial charge in [-0.2, -0.15) is 13.2 Å². The summed E-state index contributed by atoms with van der Waals surface area (Å²) in [6, 6.07) is 7.19. The Balaban J connectivity index is 2.02. The molecule has 0 aliphatic rings. The molecule has 0 saturated carbocycles. The Labute approximate surface area is 175 Å². The van der Waals surface area contributed by atoms with E-state index in [4.69, 9.17) is 0 Å². The van der Waals surface area contributed by atoms with Crippen LogP contribution in [0.15, 0.2) is 39.9 Å². The standard InChI is InChI=1S/C21H21F3N4O3/c1-11(2)13-7-5-6-12(3)17(13)26-16(29)10-28-19(30)14-8-9-15(21(22,23)24)25-18(14)27(4)20(28)31/h5-9,11H,10H2,1-4H3,(H,26,29). The molecule has 3 rings (SSSR count). The van der Waals surface area contributed by atoms with Crippen LogP contribution in [0.5, 0.6) is 0 Å². The van der Waals surface area contributed by atoms with E-state index in [1.807, 2.05) is 39.0 Å². The van der Waals surface area contributed by atoms with Crippen LogP contribution in [0.3, 0.4) is 0 Å². The molecule has 0 fully saturated rings. The minimum atomic E-state index is -4.72. The van der Waals surface area contributed by atoms with Crippen LogP contribution in [0.4, 0.5) is 18.9 Å². The number of halogens is 3. The largest absolute Gasteiger partial charge is 0.433 e. The number of hydrogen-bond donors (Lipinski definition) is 1. The smallest absolute Gasteiger partial charge is 0.324 e. The molecule has 2 heterocycles. The van der Waals surface area contributed by atoms with Crippen LogP contribution in [0.25, 0.3) is 11.0 Å². The zero-order valence-corrected chi connectivity index (χ0v) is 17.4. The van der Waals surface area contributed by atoms with Gasteiger partial charge >= 0.3 is 11.9 Å². The van der Waals surface area contributed by atoms with E-state index in [0.717, 1.165) is 21.8 Å². The van der Waals surface area contributed by atoms with Gasteiger partial charge in [0.25, 0.3) is 5.56 Å². The lowest BCUT2D eigenvalue weighted by Crippen LogP contribution is -2.42. The summed E-state index contributed by atoms with van der Waals surface area (Å²) in [6.45, 7) is 5.17. The highest BCUT2D eigenvalue weighted by molar-refractivity contribution is 5.92. The van der Waals surface area contributed by atoms with Crippen molar-refractivity contribution in [3.8, 4) is 0 Å². The van der Waals surface area contributed by atoms with Crippen LogP contribution in [-0.2, 0) is 24.6 Å². The van der Waals surface area contributed by atoms with Crippen molar-refractivity contribution in [1.82, 2.24) is 14.1 Å². The van der Waals surface area contributed by atoms with Gasteiger partial charge in [-0.25, -0.2) is 9.78 Å². The molecule has 164 valence electrons. The Hall–Kier alpha value is -3.43. The molecule has 0 radical (unpaired) electrons. The van der Waals surface area contributed by atoms with E-state index in [1.54, 1.807) is 0 Å².